The molecular formula is C12H12FN3O2. The number of amides is 1. The number of fused-ring (bicyclic) bond motifs is 3. The van der Waals surface area contributed by atoms with Crippen molar-refractivity contribution in [2.24, 2.45) is 0 Å². The molecule has 2 aromatic rings. The summed E-state index contributed by atoms with van der Waals surface area (Å²) in [6.07, 6.45) is 1.02. The molecule has 0 aromatic carbocycles. The summed E-state index contributed by atoms with van der Waals surface area (Å²) in [7, 11) is 0. The Labute approximate surface area is 102 Å². The molecule has 5 nitrogen and oxygen atoms in total. The van der Waals surface area contributed by atoms with Crippen molar-refractivity contribution in [1.82, 2.24) is 15.3 Å². The van der Waals surface area contributed by atoms with Gasteiger partial charge in [-0.3, -0.25) is 0 Å². The van der Waals surface area contributed by atoms with E-state index in [1.807, 2.05) is 0 Å². The third-order valence-corrected chi connectivity index (χ3v) is 3.32. The van der Waals surface area contributed by atoms with Gasteiger partial charge in [0.15, 0.2) is 0 Å². The number of rotatable bonds is 1. The van der Waals surface area contributed by atoms with E-state index < -0.39 is 12.0 Å². The molecule has 2 aromatic heterocycles. The normalized spacial score (nSPS) is 18.6. The van der Waals surface area contributed by atoms with Crippen molar-refractivity contribution in [3.63, 3.8) is 0 Å². The van der Waals surface area contributed by atoms with Gasteiger partial charge in [0.05, 0.1) is 11.0 Å². The Morgan fingerprint density at radius 2 is 2.39 bits per heavy atom. The molecule has 18 heavy (non-hydrogen) atoms. The van der Waals surface area contributed by atoms with Crippen LogP contribution < -0.4 is 5.32 Å². The maximum absolute atomic E-state index is 13.2. The average molecular weight is 249 g/mol. The summed E-state index contributed by atoms with van der Waals surface area (Å²) in [5.41, 5.74) is 3.38. The van der Waals surface area contributed by atoms with E-state index in [4.69, 9.17) is 5.11 Å². The molecule has 1 unspecified atom stereocenters. The summed E-state index contributed by atoms with van der Waals surface area (Å²) >= 11 is 0. The van der Waals surface area contributed by atoms with Crippen LogP contribution in [0.5, 0.6) is 0 Å². The largest absolute Gasteiger partial charge is 0.465 e. The quantitative estimate of drug-likeness (QED) is 0.675. The first-order valence-corrected chi connectivity index (χ1v) is 5.79. The Kier molecular flexibility index (Phi) is 2.43. The van der Waals surface area contributed by atoms with Gasteiger partial charge in [-0.2, -0.15) is 4.39 Å². The van der Waals surface area contributed by atoms with E-state index in [-0.39, 0.29) is 6.04 Å². The minimum absolute atomic E-state index is 0.126. The van der Waals surface area contributed by atoms with Gasteiger partial charge in [0.2, 0.25) is 5.95 Å². The molecule has 2 heterocycles. The third kappa shape index (κ3) is 1.79. The zero-order chi connectivity index (χ0) is 12.7. The number of carboxylic acid groups (broad SMARTS) is 1. The van der Waals surface area contributed by atoms with Gasteiger partial charge in [-0.15, -0.1) is 0 Å². The molecule has 0 spiro atoms. The minimum Gasteiger partial charge on any atom is -0.465 e. The van der Waals surface area contributed by atoms with Crippen LogP contribution >= 0.6 is 0 Å². The fourth-order valence-corrected chi connectivity index (χ4v) is 2.55. The molecule has 1 atom stereocenters. The highest BCUT2D eigenvalue weighted by atomic mass is 19.1. The number of aryl methyl sites for hydroxylation is 1. The molecule has 0 bridgehead atoms. The standard InChI is InChI=1S/C12H12FN3O2/c13-10-4-3-9-11(16-10)7-5-6(14-12(17)18)1-2-8(7)15-9/h3-4,6,14-15H,1-2,5H2,(H,17,18). The monoisotopic (exact) mass is 249 g/mol. The third-order valence-electron chi connectivity index (χ3n) is 3.32. The van der Waals surface area contributed by atoms with E-state index >= 15 is 0 Å². The number of pyridine rings is 1. The SMILES string of the molecule is O=C(O)NC1CCc2[nH]c3ccc(F)nc3c2C1. The number of nitrogens with zero attached hydrogens (tertiary/aromatic N) is 1. The van der Waals surface area contributed by atoms with E-state index in [2.05, 4.69) is 15.3 Å². The molecule has 1 aliphatic carbocycles. The first kappa shape index (κ1) is 11.0. The Bertz CT molecular complexity index is 623. The van der Waals surface area contributed by atoms with E-state index in [1.165, 1.54) is 6.07 Å². The molecule has 3 N–H and O–H groups in total. The number of halogens is 1. The Hall–Kier alpha value is -2.11. The van der Waals surface area contributed by atoms with Gasteiger partial charge in [-0.1, -0.05) is 0 Å². The summed E-state index contributed by atoms with van der Waals surface area (Å²) < 4.78 is 13.2. The summed E-state index contributed by atoms with van der Waals surface area (Å²) in [6, 6.07) is 2.85. The van der Waals surface area contributed by atoms with Crippen molar-refractivity contribution in [1.29, 1.82) is 0 Å². The fourth-order valence-electron chi connectivity index (χ4n) is 2.55. The van der Waals surface area contributed by atoms with Gasteiger partial charge < -0.3 is 15.4 Å². The van der Waals surface area contributed by atoms with E-state index in [0.29, 0.717) is 11.9 Å². The highest BCUT2D eigenvalue weighted by Gasteiger charge is 2.24. The number of hydrogen-bond donors (Lipinski definition) is 3. The predicted octanol–water partition coefficient (Wildman–Crippen LogP) is 1.83. The maximum Gasteiger partial charge on any atom is 0.404 e. The first-order valence-electron chi connectivity index (χ1n) is 5.79. The molecule has 0 aliphatic heterocycles. The molecule has 1 amide bonds. The van der Waals surface area contributed by atoms with Crippen LogP contribution in [0.2, 0.25) is 0 Å². The first-order chi connectivity index (χ1) is 8.63. The predicted molar refractivity (Wildman–Crippen MR) is 63.0 cm³/mol. The van der Waals surface area contributed by atoms with Crippen LogP contribution in [0, 0.1) is 5.95 Å². The van der Waals surface area contributed by atoms with Gasteiger partial charge in [-0.05, 0) is 31.4 Å². The molecule has 94 valence electrons. The van der Waals surface area contributed by atoms with Gasteiger partial charge in [0.1, 0.15) is 0 Å². The average Bonchev–Trinajstić information content (AvgIpc) is 2.66. The number of aromatic nitrogens is 2. The Balaban J connectivity index is 2.00. The van der Waals surface area contributed by atoms with Gasteiger partial charge >= 0.3 is 6.09 Å². The Morgan fingerprint density at radius 1 is 1.56 bits per heavy atom. The van der Waals surface area contributed by atoms with Crippen LogP contribution in [0.3, 0.4) is 0 Å². The molecule has 6 heteroatoms. The lowest BCUT2D eigenvalue weighted by molar-refractivity contribution is 0.188. The molecule has 0 fully saturated rings. The van der Waals surface area contributed by atoms with Crippen molar-refractivity contribution in [2.45, 2.75) is 25.3 Å². The zero-order valence-corrected chi connectivity index (χ0v) is 9.53. The van der Waals surface area contributed by atoms with Crippen LogP contribution in [0.1, 0.15) is 17.7 Å². The topological polar surface area (TPSA) is 78.0 Å². The summed E-state index contributed by atoms with van der Waals surface area (Å²) in [6.45, 7) is 0. The van der Waals surface area contributed by atoms with Gasteiger partial charge in [-0.25, -0.2) is 9.78 Å². The molecular weight excluding hydrogens is 237 g/mol. The smallest absolute Gasteiger partial charge is 0.404 e. The Morgan fingerprint density at radius 3 is 3.17 bits per heavy atom. The number of hydrogen-bond acceptors (Lipinski definition) is 2. The molecule has 1 aliphatic rings. The van der Waals surface area contributed by atoms with Crippen molar-refractivity contribution in [3.8, 4) is 0 Å². The lowest BCUT2D eigenvalue weighted by Gasteiger charge is -2.21. The van der Waals surface area contributed by atoms with E-state index in [0.717, 1.165) is 29.6 Å². The number of H-pyrrole nitrogens is 1. The minimum atomic E-state index is -1.03. The van der Waals surface area contributed by atoms with E-state index in [9.17, 15) is 9.18 Å². The van der Waals surface area contributed by atoms with Crippen LogP contribution in [-0.2, 0) is 12.8 Å². The van der Waals surface area contributed by atoms with Crippen molar-refractivity contribution in [3.05, 3.63) is 29.3 Å². The second-order valence-electron chi connectivity index (χ2n) is 4.50. The van der Waals surface area contributed by atoms with Crippen molar-refractivity contribution < 1.29 is 14.3 Å². The summed E-state index contributed by atoms with van der Waals surface area (Å²) in [5.74, 6) is -0.516. The van der Waals surface area contributed by atoms with Crippen LogP contribution in [0.25, 0.3) is 11.0 Å². The fraction of sp³-hybridized carbons (Fsp3) is 0.333. The second-order valence-corrected chi connectivity index (χ2v) is 4.50. The highest BCUT2D eigenvalue weighted by Crippen LogP contribution is 2.28. The van der Waals surface area contributed by atoms with Gasteiger partial charge in [0.25, 0.3) is 0 Å². The van der Waals surface area contributed by atoms with E-state index in [1.54, 1.807) is 6.07 Å². The molecule has 0 saturated heterocycles. The molecule has 3 rings (SSSR count). The lowest BCUT2D eigenvalue weighted by Crippen LogP contribution is -2.37. The maximum atomic E-state index is 13.2. The molecule has 0 saturated carbocycles. The second kappa shape index (κ2) is 3.97. The van der Waals surface area contributed by atoms with Crippen LogP contribution in [-0.4, -0.2) is 27.2 Å². The lowest BCUT2D eigenvalue weighted by atomic mass is 9.93. The molecule has 0 radical (unpaired) electrons. The number of carbonyl (C=O) groups is 1. The van der Waals surface area contributed by atoms with Crippen LogP contribution in [0.4, 0.5) is 9.18 Å². The van der Waals surface area contributed by atoms with Crippen molar-refractivity contribution in [2.75, 3.05) is 0 Å². The highest BCUT2D eigenvalue weighted by molar-refractivity contribution is 5.81. The number of aromatic amines is 1. The van der Waals surface area contributed by atoms with Crippen LogP contribution in [0.15, 0.2) is 12.1 Å². The summed E-state index contributed by atoms with van der Waals surface area (Å²) in [4.78, 5) is 17.7. The zero-order valence-electron chi connectivity index (χ0n) is 9.53. The number of nitrogens with one attached hydrogen (secondary N) is 2. The summed E-state index contributed by atoms with van der Waals surface area (Å²) in [5, 5.41) is 11.2. The van der Waals surface area contributed by atoms with Crippen molar-refractivity contribution >= 4 is 17.1 Å². The van der Waals surface area contributed by atoms with Gasteiger partial charge in [0, 0.05) is 17.3 Å².